The molecule has 3 heterocycles. The van der Waals surface area contributed by atoms with Gasteiger partial charge in [-0.1, -0.05) is 42.5 Å². The number of amides is 4. The summed E-state index contributed by atoms with van der Waals surface area (Å²) in [5.41, 5.74) is 7.14. The van der Waals surface area contributed by atoms with E-state index in [-0.39, 0.29) is 54.6 Å². The van der Waals surface area contributed by atoms with Gasteiger partial charge in [-0.15, -0.1) is 11.3 Å². The number of benzene rings is 2. The fourth-order valence-corrected chi connectivity index (χ4v) is 5.57. The van der Waals surface area contributed by atoms with Crippen LogP contribution >= 0.6 is 11.3 Å². The van der Waals surface area contributed by atoms with Crippen LogP contribution in [0.15, 0.2) is 53.9 Å². The zero-order chi connectivity index (χ0) is 30.0. The number of carboxylic acids is 1. The lowest BCUT2D eigenvalue weighted by Crippen LogP contribution is -2.58. The Morgan fingerprint density at radius 1 is 1.12 bits per heavy atom. The number of carbonyl (C=O) groups excluding carboxylic acids is 4. The Hall–Kier alpha value is -4.76. The molecule has 0 aliphatic carbocycles. The van der Waals surface area contributed by atoms with Gasteiger partial charge in [0, 0.05) is 37.3 Å². The molecule has 15 heteroatoms. The number of nitrogens with one attached hydrogen (secondary N) is 1. The van der Waals surface area contributed by atoms with Crippen molar-refractivity contribution in [3.05, 3.63) is 76.3 Å². The van der Waals surface area contributed by atoms with E-state index in [0.29, 0.717) is 5.56 Å². The Morgan fingerprint density at radius 2 is 1.88 bits per heavy atom. The number of aromatic nitrogens is 1. The molecule has 2 atom stereocenters. The number of imide groups is 1. The summed E-state index contributed by atoms with van der Waals surface area (Å²) in [4.78, 5) is 70.2. The van der Waals surface area contributed by atoms with Gasteiger partial charge in [-0.05, 0) is 23.6 Å². The molecule has 0 bridgehead atoms. The van der Waals surface area contributed by atoms with E-state index in [1.54, 1.807) is 12.1 Å². The first kappa shape index (κ1) is 28.8. The topological polar surface area (TPSA) is 192 Å². The minimum Gasteiger partial charge on any atom is -0.535 e. The molecule has 13 nitrogen and oxygen atoms in total. The summed E-state index contributed by atoms with van der Waals surface area (Å²) in [6, 6.07) is 11.4. The van der Waals surface area contributed by atoms with Crippen molar-refractivity contribution < 1.29 is 38.8 Å². The SMILES string of the molecule is Nc1nc(C(NC(=O)N2CCN(Cc3ccccc3)C(=O)C2=O)C(=O)C[C@H]2Cc3cccc(C(=O)O)c3OB2O)cs1. The van der Waals surface area contributed by atoms with Crippen LogP contribution in [0.25, 0.3) is 0 Å². The minimum absolute atomic E-state index is 0.0351. The van der Waals surface area contributed by atoms with E-state index >= 15 is 0 Å². The molecule has 42 heavy (non-hydrogen) atoms. The average Bonchev–Trinajstić information content (AvgIpc) is 3.40. The van der Waals surface area contributed by atoms with Crippen molar-refractivity contribution >= 4 is 53.2 Å². The highest BCUT2D eigenvalue weighted by molar-refractivity contribution is 7.13. The number of hydrogen-bond acceptors (Lipinski definition) is 10. The molecule has 1 unspecified atom stereocenters. The third kappa shape index (κ3) is 5.96. The smallest absolute Gasteiger partial charge is 0.526 e. The van der Waals surface area contributed by atoms with Crippen molar-refractivity contribution in [1.29, 1.82) is 0 Å². The zero-order valence-corrected chi connectivity index (χ0v) is 23.0. The first-order chi connectivity index (χ1) is 20.1. The number of aromatic carboxylic acids is 1. The highest BCUT2D eigenvalue weighted by Gasteiger charge is 2.41. The molecule has 0 spiro atoms. The molecule has 2 aromatic carbocycles. The summed E-state index contributed by atoms with van der Waals surface area (Å²) in [6.07, 6.45) is -0.141. The molecule has 216 valence electrons. The number of rotatable bonds is 8. The van der Waals surface area contributed by atoms with Crippen LogP contribution < -0.4 is 15.7 Å². The molecule has 5 rings (SSSR count). The van der Waals surface area contributed by atoms with Crippen LogP contribution in [0.5, 0.6) is 5.75 Å². The lowest BCUT2D eigenvalue weighted by Gasteiger charge is -2.33. The number of fused-ring (bicyclic) bond motifs is 1. The molecule has 2 aliphatic heterocycles. The predicted molar refractivity (Wildman–Crippen MR) is 150 cm³/mol. The second kappa shape index (κ2) is 12.0. The van der Waals surface area contributed by atoms with Crippen molar-refractivity contribution in [2.75, 3.05) is 18.8 Å². The molecule has 4 amide bonds. The molecular weight excluding hydrogens is 565 g/mol. The maximum atomic E-state index is 13.5. The monoisotopic (exact) mass is 591 g/mol. The second-order valence-corrected chi connectivity index (χ2v) is 10.8. The van der Waals surface area contributed by atoms with Crippen molar-refractivity contribution in [3.8, 4) is 5.75 Å². The van der Waals surface area contributed by atoms with Gasteiger partial charge in [-0.2, -0.15) is 0 Å². The van der Waals surface area contributed by atoms with Crippen LogP contribution in [-0.4, -0.2) is 74.7 Å². The number of nitrogens with two attached hydrogens (primary N) is 1. The molecule has 0 radical (unpaired) electrons. The minimum atomic E-state index is -1.49. The molecule has 3 aromatic rings. The number of carboxylic acid groups (broad SMARTS) is 1. The average molecular weight is 591 g/mol. The highest BCUT2D eigenvalue weighted by Crippen LogP contribution is 2.37. The van der Waals surface area contributed by atoms with E-state index in [2.05, 4.69) is 10.3 Å². The molecule has 0 saturated carbocycles. The number of Topliss-reactive ketones (excluding diaryl/α,β-unsaturated/α-hetero) is 1. The highest BCUT2D eigenvalue weighted by atomic mass is 32.1. The van der Waals surface area contributed by atoms with E-state index in [9.17, 15) is 34.1 Å². The van der Waals surface area contributed by atoms with Gasteiger partial charge in [0.15, 0.2) is 10.9 Å². The van der Waals surface area contributed by atoms with Gasteiger partial charge in [0.1, 0.15) is 11.8 Å². The van der Waals surface area contributed by atoms with Crippen LogP contribution in [0.1, 0.15) is 39.6 Å². The summed E-state index contributed by atoms with van der Waals surface area (Å²) < 4.78 is 5.49. The fourth-order valence-electron chi connectivity index (χ4n) is 4.98. The quantitative estimate of drug-likeness (QED) is 0.220. The number of carbonyl (C=O) groups is 5. The maximum absolute atomic E-state index is 13.5. The largest absolute Gasteiger partial charge is 0.535 e. The zero-order valence-electron chi connectivity index (χ0n) is 22.1. The van der Waals surface area contributed by atoms with Crippen LogP contribution in [-0.2, 0) is 27.3 Å². The Bertz CT molecular complexity index is 1550. The molecule has 1 aromatic heterocycles. The third-order valence-corrected chi connectivity index (χ3v) is 7.80. The van der Waals surface area contributed by atoms with Crippen molar-refractivity contribution in [2.24, 2.45) is 0 Å². The van der Waals surface area contributed by atoms with Crippen LogP contribution in [0.3, 0.4) is 0 Å². The number of nitrogen functional groups attached to an aromatic ring is 1. The first-order valence-electron chi connectivity index (χ1n) is 13.0. The molecule has 1 fully saturated rings. The Labute approximate surface area is 244 Å². The summed E-state index contributed by atoms with van der Waals surface area (Å²) in [7, 11) is -1.49. The number of ketones is 1. The Balaban J connectivity index is 1.29. The fraction of sp³-hybridized carbons (Fsp3) is 0.259. The lowest BCUT2D eigenvalue weighted by molar-refractivity contribution is -0.154. The van der Waals surface area contributed by atoms with Crippen molar-refractivity contribution in [2.45, 2.75) is 31.2 Å². The predicted octanol–water partition coefficient (Wildman–Crippen LogP) is 1.49. The molecule has 2 aliphatic rings. The number of piperazine rings is 1. The van der Waals surface area contributed by atoms with Crippen LogP contribution in [0.4, 0.5) is 9.93 Å². The van der Waals surface area contributed by atoms with Gasteiger partial charge in [-0.3, -0.25) is 19.3 Å². The van der Waals surface area contributed by atoms with E-state index in [0.717, 1.165) is 21.8 Å². The van der Waals surface area contributed by atoms with Gasteiger partial charge in [0.2, 0.25) is 0 Å². The second-order valence-electron chi connectivity index (χ2n) is 9.90. The maximum Gasteiger partial charge on any atom is 0.526 e. The van der Waals surface area contributed by atoms with Gasteiger partial charge in [-0.25, -0.2) is 14.6 Å². The standard InChI is InChI=1S/C27H26BN5O8S/c29-26-30-19(14-42-26)21(20(34)12-17-11-16-7-4-8-18(25(37)38)22(16)41-28(17)40)31-27(39)33-10-9-32(23(35)24(33)36)13-15-5-2-1-3-6-15/h1-8,14,17,21,40H,9-13H2,(H2,29,30)(H,31,39)(H,37,38)/t17-,21?/m1/s1. The Kier molecular flexibility index (Phi) is 8.22. The number of para-hydroxylation sites is 1. The van der Waals surface area contributed by atoms with E-state index in [1.165, 1.54) is 16.3 Å². The summed E-state index contributed by atoms with van der Waals surface area (Å²) in [5.74, 6) is -4.38. The molecule has 1 saturated heterocycles. The van der Waals surface area contributed by atoms with Crippen LogP contribution in [0.2, 0.25) is 5.82 Å². The number of urea groups is 1. The summed E-state index contributed by atoms with van der Waals surface area (Å²) in [5, 5.41) is 24.2. The number of thiazole rings is 1. The molecular formula is C27H26BN5O8S. The third-order valence-electron chi connectivity index (χ3n) is 7.11. The molecule has 5 N–H and O–H groups in total. The van der Waals surface area contributed by atoms with Gasteiger partial charge in [0.25, 0.3) is 0 Å². The van der Waals surface area contributed by atoms with E-state index < -0.39 is 48.6 Å². The number of hydrogen-bond donors (Lipinski definition) is 4. The Morgan fingerprint density at radius 3 is 2.57 bits per heavy atom. The normalized spacial score (nSPS) is 17.4. The van der Waals surface area contributed by atoms with Gasteiger partial charge < -0.3 is 30.7 Å². The van der Waals surface area contributed by atoms with Crippen molar-refractivity contribution in [3.63, 3.8) is 0 Å². The summed E-state index contributed by atoms with van der Waals surface area (Å²) >= 11 is 1.05. The first-order valence-corrected chi connectivity index (χ1v) is 13.9. The van der Waals surface area contributed by atoms with E-state index in [1.807, 2.05) is 30.3 Å². The number of nitrogens with zero attached hydrogens (tertiary/aromatic N) is 3. The van der Waals surface area contributed by atoms with E-state index in [4.69, 9.17) is 10.4 Å². The summed E-state index contributed by atoms with van der Waals surface area (Å²) in [6.45, 7) is 0.239. The van der Waals surface area contributed by atoms with Crippen LogP contribution in [0, 0.1) is 0 Å². The van der Waals surface area contributed by atoms with Gasteiger partial charge >= 0.3 is 30.9 Å². The number of anilines is 1. The lowest BCUT2D eigenvalue weighted by atomic mass is 9.64. The van der Waals surface area contributed by atoms with Gasteiger partial charge in [0.05, 0.1) is 11.3 Å². The van der Waals surface area contributed by atoms with Crippen molar-refractivity contribution in [1.82, 2.24) is 20.1 Å².